The molecule has 1 fully saturated rings. The predicted octanol–water partition coefficient (Wildman–Crippen LogP) is 6.53. The van der Waals surface area contributed by atoms with Crippen molar-refractivity contribution in [1.82, 2.24) is 9.88 Å². The summed E-state index contributed by atoms with van der Waals surface area (Å²) in [7, 11) is 1.61. The van der Waals surface area contributed by atoms with E-state index in [1.165, 1.54) is 4.90 Å². The Hall–Kier alpha value is -5.37. The Balaban J connectivity index is 1.22. The van der Waals surface area contributed by atoms with Crippen molar-refractivity contribution >= 4 is 40.1 Å². The minimum absolute atomic E-state index is 0.267. The van der Waals surface area contributed by atoms with Gasteiger partial charge < -0.3 is 15.0 Å². The first kappa shape index (κ1) is 26.5. The maximum atomic E-state index is 14.1. The molecule has 4 amide bonds. The van der Waals surface area contributed by atoms with Gasteiger partial charge in [0.2, 0.25) is 0 Å². The zero-order valence-corrected chi connectivity index (χ0v) is 24.0. The van der Waals surface area contributed by atoms with Crippen molar-refractivity contribution in [3.05, 3.63) is 125 Å². The fourth-order valence-corrected chi connectivity index (χ4v) is 6.23. The van der Waals surface area contributed by atoms with Crippen LogP contribution in [0.2, 0.25) is 0 Å². The monoisotopic (exact) mass is 570 g/mol. The second-order valence-electron chi connectivity index (χ2n) is 11.1. The van der Waals surface area contributed by atoms with Crippen LogP contribution in [0.3, 0.4) is 0 Å². The summed E-state index contributed by atoms with van der Waals surface area (Å²) in [5.41, 5.74) is 7.59. The molecule has 0 saturated carbocycles. The van der Waals surface area contributed by atoms with Gasteiger partial charge in [-0.3, -0.25) is 14.5 Å². The average Bonchev–Trinajstić information content (AvgIpc) is 3.52. The van der Waals surface area contributed by atoms with E-state index in [4.69, 9.17) is 4.74 Å². The first-order chi connectivity index (χ1) is 20.8. The van der Waals surface area contributed by atoms with Gasteiger partial charge in [-0.2, -0.15) is 0 Å². The fraction of sp³-hybridized carbons (Fsp3) is 0.171. The van der Waals surface area contributed by atoms with E-state index in [1.807, 2.05) is 80.6 Å². The van der Waals surface area contributed by atoms with Crippen LogP contribution in [0.15, 0.2) is 91.0 Å². The van der Waals surface area contributed by atoms with Crippen molar-refractivity contribution in [3.63, 3.8) is 0 Å². The molecule has 0 spiro atoms. The maximum Gasteiger partial charge on any atom is 0.332 e. The minimum Gasteiger partial charge on any atom is -0.497 e. The van der Waals surface area contributed by atoms with E-state index >= 15 is 0 Å². The van der Waals surface area contributed by atoms with E-state index in [0.717, 1.165) is 38.9 Å². The minimum atomic E-state index is -0.668. The smallest absolute Gasteiger partial charge is 0.332 e. The molecule has 2 atom stereocenters. The van der Waals surface area contributed by atoms with Crippen LogP contribution < -0.4 is 15.0 Å². The Morgan fingerprint density at radius 1 is 0.907 bits per heavy atom. The number of fused-ring (bicyclic) bond motifs is 4. The Kier molecular flexibility index (Phi) is 6.27. The number of anilines is 2. The summed E-state index contributed by atoms with van der Waals surface area (Å²) in [6, 6.07) is 26.4. The molecule has 3 heterocycles. The summed E-state index contributed by atoms with van der Waals surface area (Å²) in [6.45, 7) is 4.02. The molecule has 43 heavy (non-hydrogen) atoms. The fourth-order valence-electron chi connectivity index (χ4n) is 6.23. The second-order valence-corrected chi connectivity index (χ2v) is 11.1. The highest BCUT2D eigenvalue weighted by molar-refractivity contribution is 6.22. The number of H-pyrrole nitrogens is 1. The second kappa shape index (κ2) is 10.2. The normalized spacial score (nSPS) is 17.7. The van der Waals surface area contributed by atoms with Crippen molar-refractivity contribution in [3.8, 4) is 5.75 Å². The number of aromatic amines is 1. The maximum absolute atomic E-state index is 14.1. The molecule has 0 aliphatic carbocycles. The van der Waals surface area contributed by atoms with E-state index in [2.05, 4.69) is 10.3 Å². The molecule has 8 heteroatoms. The molecule has 0 radical (unpaired) electrons. The first-order valence-corrected chi connectivity index (χ1v) is 14.2. The van der Waals surface area contributed by atoms with Crippen LogP contribution >= 0.6 is 0 Å². The molecular formula is C35H30N4O4. The van der Waals surface area contributed by atoms with Gasteiger partial charge in [-0.25, -0.2) is 9.69 Å². The highest BCUT2D eigenvalue weighted by Gasteiger charge is 2.53. The summed E-state index contributed by atoms with van der Waals surface area (Å²) in [6.07, 6.45) is 0.406. The zero-order valence-electron chi connectivity index (χ0n) is 24.0. The first-order valence-electron chi connectivity index (χ1n) is 14.2. The third-order valence-electron chi connectivity index (χ3n) is 8.63. The third-order valence-corrected chi connectivity index (χ3v) is 8.63. The third kappa shape index (κ3) is 4.34. The Bertz CT molecular complexity index is 1910. The largest absolute Gasteiger partial charge is 0.497 e. The molecular weight excluding hydrogens is 540 g/mol. The number of ether oxygens (including phenoxy) is 1. The van der Waals surface area contributed by atoms with E-state index in [0.29, 0.717) is 29.1 Å². The van der Waals surface area contributed by atoms with Crippen molar-refractivity contribution in [2.24, 2.45) is 0 Å². The number of imide groups is 1. The summed E-state index contributed by atoms with van der Waals surface area (Å²) in [5, 5.41) is 3.97. The molecule has 1 saturated heterocycles. The van der Waals surface area contributed by atoms with Crippen LogP contribution in [0, 0.1) is 13.8 Å². The van der Waals surface area contributed by atoms with E-state index in [1.54, 1.807) is 36.3 Å². The topological polar surface area (TPSA) is 94.7 Å². The zero-order chi connectivity index (χ0) is 29.8. The molecule has 4 aromatic carbocycles. The lowest BCUT2D eigenvalue weighted by Gasteiger charge is -2.36. The number of para-hydroxylation sites is 1. The number of urea groups is 1. The van der Waals surface area contributed by atoms with Crippen molar-refractivity contribution in [2.75, 3.05) is 17.3 Å². The predicted molar refractivity (Wildman–Crippen MR) is 166 cm³/mol. The van der Waals surface area contributed by atoms with E-state index < -0.39 is 18.1 Å². The molecule has 0 unspecified atom stereocenters. The number of nitrogens with one attached hydrogen (secondary N) is 2. The standard InChI is InChI=1S/C35H30N4O4/c1-20-8-13-24(18-21(20)2)36-33(40)23-9-14-25(15-10-23)38-34(41)30-19-28-27-6-4-5-7-29(27)37-31(28)32(39(30)35(38)42)22-11-16-26(43-3)17-12-22/h4-18,30,32,37H,19H2,1-3H3,(H,36,40)/t30-,32+/m0/s1. The number of benzene rings is 4. The van der Waals surface area contributed by atoms with E-state index in [-0.39, 0.29) is 11.8 Å². The van der Waals surface area contributed by atoms with Crippen LogP contribution in [0.25, 0.3) is 10.9 Å². The number of nitrogens with zero attached hydrogens (tertiary/aromatic N) is 2. The van der Waals surface area contributed by atoms with Gasteiger partial charge in [0, 0.05) is 34.3 Å². The lowest BCUT2D eigenvalue weighted by atomic mass is 9.89. The number of rotatable bonds is 5. The number of carbonyl (C=O) groups is 3. The number of carbonyl (C=O) groups excluding carboxylic acids is 3. The molecule has 8 nitrogen and oxygen atoms in total. The lowest BCUT2D eigenvalue weighted by molar-refractivity contribution is -0.120. The lowest BCUT2D eigenvalue weighted by Crippen LogP contribution is -2.44. The van der Waals surface area contributed by atoms with Crippen LogP contribution in [-0.2, 0) is 11.2 Å². The van der Waals surface area contributed by atoms with Crippen LogP contribution in [0.1, 0.15) is 44.3 Å². The summed E-state index contributed by atoms with van der Waals surface area (Å²) >= 11 is 0. The van der Waals surface area contributed by atoms with Crippen molar-refractivity contribution < 1.29 is 19.1 Å². The molecule has 2 aliphatic heterocycles. The number of aromatic nitrogens is 1. The van der Waals surface area contributed by atoms with Gasteiger partial charge >= 0.3 is 6.03 Å². The van der Waals surface area contributed by atoms with Crippen LogP contribution in [-0.4, -0.2) is 40.9 Å². The molecule has 7 rings (SSSR count). The van der Waals surface area contributed by atoms with Gasteiger partial charge in [0.25, 0.3) is 11.8 Å². The number of hydrogen-bond donors (Lipinski definition) is 2. The van der Waals surface area contributed by atoms with Crippen LogP contribution in [0.5, 0.6) is 5.75 Å². The SMILES string of the molecule is COc1ccc([C@@H]2c3[nH]c4ccccc4c3C[C@H]3C(=O)N(c4ccc(C(=O)Nc5ccc(C)c(C)c5)cc4)C(=O)N23)cc1. The molecule has 2 aliphatic rings. The molecule has 2 N–H and O–H groups in total. The number of amides is 4. The summed E-state index contributed by atoms with van der Waals surface area (Å²) < 4.78 is 5.36. The van der Waals surface area contributed by atoms with Crippen LogP contribution in [0.4, 0.5) is 16.2 Å². The number of methoxy groups -OCH3 is 1. The number of aryl methyl sites for hydroxylation is 2. The van der Waals surface area contributed by atoms with Gasteiger partial charge in [-0.1, -0.05) is 36.4 Å². The average molecular weight is 571 g/mol. The Morgan fingerprint density at radius 2 is 1.65 bits per heavy atom. The highest BCUT2D eigenvalue weighted by atomic mass is 16.5. The molecule has 214 valence electrons. The molecule has 5 aromatic rings. The quantitative estimate of drug-likeness (QED) is 0.235. The summed E-state index contributed by atoms with van der Waals surface area (Å²) in [4.78, 5) is 47.5. The van der Waals surface area contributed by atoms with E-state index in [9.17, 15) is 14.4 Å². The Labute approximate surface area is 248 Å². The van der Waals surface area contributed by atoms with Gasteiger partial charge in [0.05, 0.1) is 12.8 Å². The van der Waals surface area contributed by atoms with Gasteiger partial charge in [0.15, 0.2) is 0 Å². The Morgan fingerprint density at radius 3 is 2.37 bits per heavy atom. The number of hydrogen-bond acceptors (Lipinski definition) is 4. The summed E-state index contributed by atoms with van der Waals surface area (Å²) in [5.74, 6) is 0.156. The van der Waals surface area contributed by atoms with Crippen molar-refractivity contribution in [2.45, 2.75) is 32.4 Å². The van der Waals surface area contributed by atoms with Gasteiger partial charge in [-0.05, 0) is 90.7 Å². The van der Waals surface area contributed by atoms with Crippen molar-refractivity contribution in [1.29, 1.82) is 0 Å². The van der Waals surface area contributed by atoms with Gasteiger partial charge in [-0.15, -0.1) is 0 Å². The molecule has 1 aromatic heterocycles. The van der Waals surface area contributed by atoms with Gasteiger partial charge in [0.1, 0.15) is 17.8 Å². The molecule has 0 bridgehead atoms. The highest BCUT2D eigenvalue weighted by Crippen LogP contribution is 2.45.